The first kappa shape index (κ1) is 17.5. The number of amides is 1. The number of hydrogen-bond donors (Lipinski definition) is 0. The molecule has 8 nitrogen and oxygen atoms in total. The Balaban J connectivity index is 1.62. The first-order valence-electron chi connectivity index (χ1n) is 8.38. The third-order valence-corrected chi connectivity index (χ3v) is 4.67. The maximum Gasteiger partial charge on any atom is 0.247 e. The van der Waals surface area contributed by atoms with Crippen molar-refractivity contribution in [3.63, 3.8) is 0 Å². The zero-order chi connectivity index (χ0) is 18.0. The van der Waals surface area contributed by atoms with E-state index in [9.17, 15) is 9.18 Å². The van der Waals surface area contributed by atoms with Gasteiger partial charge in [0, 0.05) is 51.5 Å². The van der Waals surface area contributed by atoms with Gasteiger partial charge in [0.1, 0.15) is 24.9 Å². The van der Waals surface area contributed by atoms with Crippen LogP contribution in [0.1, 0.15) is 24.9 Å². The molecule has 25 heavy (non-hydrogen) atoms. The molecule has 0 radical (unpaired) electrons. The van der Waals surface area contributed by atoms with Crippen molar-refractivity contribution in [1.29, 1.82) is 0 Å². The molecule has 0 saturated carbocycles. The van der Waals surface area contributed by atoms with Crippen molar-refractivity contribution in [2.75, 3.05) is 20.1 Å². The van der Waals surface area contributed by atoms with Gasteiger partial charge in [0.2, 0.25) is 5.91 Å². The Kier molecular flexibility index (Phi) is 5.12. The standard InChI is InChI=1S/C16H24FN7O/c1-12(24-11-18-10-20-24)16(25)21(2)9-15-4-14(17)8-23(15)7-13-5-19-22(3)6-13/h5-6,10-12,14-15H,4,7-9H2,1-3H3/t12-,14+,15+/m1/s1. The summed E-state index contributed by atoms with van der Waals surface area (Å²) in [6.45, 7) is 3.30. The van der Waals surface area contributed by atoms with Gasteiger partial charge in [0.25, 0.3) is 0 Å². The number of rotatable bonds is 6. The van der Waals surface area contributed by atoms with E-state index in [-0.39, 0.29) is 11.9 Å². The summed E-state index contributed by atoms with van der Waals surface area (Å²) in [6, 6.07) is -0.436. The number of nitrogens with zero attached hydrogens (tertiary/aromatic N) is 7. The smallest absolute Gasteiger partial charge is 0.247 e. The van der Waals surface area contributed by atoms with Gasteiger partial charge >= 0.3 is 0 Å². The lowest BCUT2D eigenvalue weighted by Gasteiger charge is -2.29. The molecule has 0 N–H and O–H groups in total. The fourth-order valence-corrected chi connectivity index (χ4v) is 3.35. The summed E-state index contributed by atoms with van der Waals surface area (Å²) in [5, 5.41) is 8.17. The van der Waals surface area contributed by atoms with Crippen LogP contribution in [0, 0.1) is 0 Å². The number of aromatic nitrogens is 5. The number of alkyl halides is 1. The van der Waals surface area contributed by atoms with Crippen LogP contribution in [0.3, 0.4) is 0 Å². The molecule has 1 amide bonds. The van der Waals surface area contributed by atoms with Gasteiger partial charge in [0.15, 0.2) is 0 Å². The molecule has 1 aliphatic heterocycles. The van der Waals surface area contributed by atoms with E-state index in [0.717, 1.165) is 5.56 Å². The number of aryl methyl sites for hydroxylation is 1. The quantitative estimate of drug-likeness (QED) is 0.765. The molecule has 3 atom stereocenters. The number of likely N-dealkylation sites (N-methyl/N-ethyl adjacent to an activating group) is 1. The van der Waals surface area contributed by atoms with E-state index in [1.165, 1.54) is 17.3 Å². The minimum absolute atomic E-state index is 0.00731. The number of hydrogen-bond acceptors (Lipinski definition) is 5. The van der Waals surface area contributed by atoms with Crippen molar-refractivity contribution >= 4 is 5.91 Å². The Hall–Kier alpha value is -2.29. The van der Waals surface area contributed by atoms with Gasteiger partial charge < -0.3 is 4.90 Å². The van der Waals surface area contributed by atoms with Crippen molar-refractivity contribution in [3.8, 4) is 0 Å². The van der Waals surface area contributed by atoms with Crippen molar-refractivity contribution < 1.29 is 9.18 Å². The van der Waals surface area contributed by atoms with Crippen LogP contribution in [0.25, 0.3) is 0 Å². The average Bonchev–Trinajstić information content (AvgIpc) is 3.29. The SMILES string of the molecule is C[C@H](C(=O)N(C)C[C@@H]1C[C@H](F)CN1Cc1cnn(C)c1)n1cncn1. The van der Waals surface area contributed by atoms with E-state index >= 15 is 0 Å². The third-order valence-electron chi connectivity index (χ3n) is 4.67. The highest BCUT2D eigenvalue weighted by atomic mass is 19.1. The van der Waals surface area contributed by atoms with Crippen LogP contribution in [0.5, 0.6) is 0 Å². The van der Waals surface area contributed by atoms with E-state index < -0.39 is 12.2 Å². The Morgan fingerprint density at radius 1 is 1.48 bits per heavy atom. The van der Waals surface area contributed by atoms with Crippen molar-refractivity contribution in [3.05, 3.63) is 30.6 Å². The van der Waals surface area contributed by atoms with Crippen LogP contribution < -0.4 is 0 Å². The van der Waals surface area contributed by atoms with Gasteiger partial charge in [-0.3, -0.25) is 14.4 Å². The van der Waals surface area contributed by atoms with Crippen molar-refractivity contribution in [2.24, 2.45) is 7.05 Å². The fourth-order valence-electron chi connectivity index (χ4n) is 3.35. The summed E-state index contributed by atoms with van der Waals surface area (Å²) in [7, 11) is 3.62. The molecule has 9 heteroatoms. The van der Waals surface area contributed by atoms with Crippen molar-refractivity contribution in [1.82, 2.24) is 34.3 Å². The fraction of sp³-hybridized carbons (Fsp3) is 0.625. The summed E-state index contributed by atoms with van der Waals surface area (Å²) < 4.78 is 17.2. The molecule has 0 aliphatic carbocycles. The maximum atomic E-state index is 14.0. The van der Waals surface area contributed by atoms with E-state index in [2.05, 4.69) is 20.1 Å². The molecule has 1 fully saturated rings. The van der Waals surface area contributed by atoms with Crippen LogP contribution in [0.15, 0.2) is 25.0 Å². The zero-order valence-electron chi connectivity index (χ0n) is 14.8. The van der Waals surface area contributed by atoms with E-state index in [4.69, 9.17) is 0 Å². The second-order valence-corrected chi connectivity index (χ2v) is 6.71. The molecule has 0 bridgehead atoms. The number of likely N-dealkylation sites (tertiary alicyclic amines) is 1. The predicted molar refractivity (Wildman–Crippen MR) is 89.3 cm³/mol. The molecule has 0 unspecified atom stereocenters. The number of carbonyl (C=O) groups is 1. The Bertz CT molecular complexity index is 701. The highest BCUT2D eigenvalue weighted by Gasteiger charge is 2.34. The van der Waals surface area contributed by atoms with E-state index in [1.54, 1.807) is 29.7 Å². The molecule has 136 valence electrons. The maximum absolute atomic E-state index is 14.0. The molecule has 0 spiro atoms. The summed E-state index contributed by atoms with van der Waals surface area (Å²) in [4.78, 5) is 20.2. The predicted octanol–water partition coefficient (Wildman–Crippen LogP) is 0.644. The first-order valence-corrected chi connectivity index (χ1v) is 8.38. The topological polar surface area (TPSA) is 72.1 Å². The molecule has 3 rings (SSSR count). The second kappa shape index (κ2) is 7.30. The number of halogens is 1. The highest BCUT2D eigenvalue weighted by Crippen LogP contribution is 2.23. The normalized spacial score (nSPS) is 22.2. The van der Waals surface area contributed by atoms with Crippen LogP contribution in [0.4, 0.5) is 4.39 Å². The largest absolute Gasteiger partial charge is 0.342 e. The molecule has 1 aliphatic rings. The molecule has 0 aromatic carbocycles. The van der Waals surface area contributed by atoms with Crippen LogP contribution in [-0.2, 0) is 18.4 Å². The average molecular weight is 349 g/mol. The third kappa shape index (κ3) is 4.04. The molecule has 2 aromatic rings. The molecule has 3 heterocycles. The summed E-state index contributed by atoms with van der Waals surface area (Å²) >= 11 is 0. The Labute approximate surface area is 146 Å². The minimum atomic E-state index is -0.863. The zero-order valence-corrected chi connectivity index (χ0v) is 14.8. The minimum Gasteiger partial charge on any atom is -0.342 e. The van der Waals surface area contributed by atoms with Gasteiger partial charge in [-0.15, -0.1) is 0 Å². The Morgan fingerprint density at radius 3 is 2.92 bits per heavy atom. The summed E-state index contributed by atoms with van der Waals surface area (Å²) in [5.41, 5.74) is 1.05. The molecular weight excluding hydrogens is 325 g/mol. The van der Waals surface area contributed by atoms with Gasteiger partial charge in [-0.1, -0.05) is 0 Å². The lowest BCUT2D eigenvalue weighted by atomic mass is 10.1. The summed E-state index contributed by atoms with van der Waals surface area (Å²) in [6.07, 6.45) is 6.24. The highest BCUT2D eigenvalue weighted by molar-refractivity contribution is 5.79. The van der Waals surface area contributed by atoms with E-state index in [1.807, 2.05) is 13.2 Å². The van der Waals surface area contributed by atoms with Crippen LogP contribution in [-0.4, -0.2) is 72.6 Å². The molecule has 1 saturated heterocycles. The van der Waals surface area contributed by atoms with E-state index in [0.29, 0.717) is 26.1 Å². The first-order chi connectivity index (χ1) is 11.9. The summed E-state index contributed by atoms with van der Waals surface area (Å²) in [5.74, 6) is -0.0610. The van der Waals surface area contributed by atoms with Gasteiger partial charge in [-0.2, -0.15) is 10.2 Å². The van der Waals surface area contributed by atoms with Crippen molar-refractivity contribution in [2.45, 2.75) is 38.1 Å². The number of carbonyl (C=O) groups excluding carboxylic acids is 1. The van der Waals surface area contributed by atoms with Gasteiger partial charge in [0.05, 0.1) is 6.20 Å². The second-order valence-electron chi connectivity index (χ2n) is 6.71. The lowest BCUT2D eigenvalue weighted by Crippen LogP contribution is -2.43. The van der Waals surface area contributed by atoms with Crippen LogP contribution in [0.2, 0.25) is 0 Å². The van der Waals surface area contributed by atoms with Gasteiger partial charge in [-0.25, -0.2) is 14.1 Å². The lowest BCUT2D eigenvalue weighted by molar-refractivity contribution is -0.133. The molecular formula is C16H24FN7O. The van der Waals surface area contributed by atoms with Gasteiger partial charge in [-0.05, 0) is 13.3 Å². The Morgan fingerprint density at radius 2 is 2.28 bits per heavy atom. The van der Waals surface area contributed by atoms with Crippen LogP contribution >= 0.6 is 0 Å². The molecule has 2 aromatic heterocycles. The monoisotopic (exact) mass is 349 g/mol.